The largest absolute Gasteiger partial charge is 0.433 e. The molecule has 0 radical (unpaired) electrons. The quantitative estimate of drug-likeness (QED) is 0.644. The van der Waals surface area contributed by atoms with Gasteiger partial charge < -0.3 is 5.73 Å². The van der Waals surface area contributed by atoms with Gasteiger partial charge in [0.05, 0.1) is 0 Å². The molecular weight excluding hydrogens is 227 g/mol. The van der Waals surface area contributed by atoms with Crippen molar-refractivity contribution in [3.05, 3.63) is 17.5 Å². The number of nitrogens with two attached hydrogens (primary N) is 1. The highest BCUT2D eigenvalue weighted by Gasteiger charge is 2.33. The van der Waals surface area contributed by atoms with E-state index in [4.69, 9.17) is 5.73 Å². The van der Waals surface area contributed by atoms with Gasteiger partial charge in [0.1, 0.15) is 5.69 Å². The zero-order valence-corrected chi connectivity index (χ0v) is 8.82. The molecule has 15 heavy (non-hydrogen) atoms. The molecule has 0 saturated carbocycles. The van der Waals surface area contributed by atoms with Crippen LogP contribution in [-0.4, -0.2) is 22.3 Å². The monoisotopic (exact) mass is 237 g/mol. The summed E-state index contributed by atoms with van der Waals surface area (Å²) in [6, 6.07) is 0.923. The number of thioether (sulfide) groups is 1. The average Bonchev–Trinajstić information content (AvgIpc) is 2.12. The van der Waals surface area contributed by atoms with Crippen LogP contribution >= 0.6 is 11.8 Å². The van der Waals surface area contributed by atoms with Gasteiger partial charge in [-0.2, -0.15) is 13.2 Å². The van der Waals surface area contributed by atoms with Gasteiger partial charge in [0, 0.05) is 18.0 Å². The van der Waals surface area contributed by atoms with Crippen molar-refractivity contribution >= 4 is 11.8 Å². The summed E-state index contributed by atoms with van der Waals surface area (Å²) in [6.45, 7) is 1.88. The number of rotatable bonds is 3. The summed E-state index contributed by atoms with van der Waals surface area (Å²) in [4.78, 5) is 7.29. The third-order valence-corrected chi connectivity index (χ3v) is 2.35. The highest BCUT2D eigenvalue weighted by Crippen LogP contribution is 2.29. The zero-order chi connectivity index (χ0) is 11.5. The normalized spacial score (nSPS) is 11.8. The summed E-state index contributed by atoms with van der Waals surface area (Å²) in [5, 5.41) is 0.118. The minimum Gasteiger partial charge on any atom is -0.330 e. The molecule has 0 spiro atoms. The summed E-state index contributed by atoms with van der Waals surface area (Å²) >= 11 is 1.12. The van der Waals surface area contributed by atoms with E-state index in [-0.39, 0.29) is 5.16 Å². The Morgan fingerprint density at radius 2 is 2.07 bits per heavy atom. The minimum absolute atomic E-state index is 0.118. The number of halogens is 3. The number of nitrogens with zero attached hydrogens (tertiary/aromatic N) is 2. The first-order valence-electron chi connectivity index (χ1n) is 4.19. The van der Waals surface area contributed by atoms with Crippen molar-refractivity contribution in [3.8, 4) is 0 Å². The summed E-state index contributed by atoms with van der Waals surface area (Å²) in [7, 11) is 0. The molecule has 0 aliphatic rings. The molecule has 0 unspecified atom stereocenters. The first kappa shape index (κ1) is 12.3. The number of aryl methyl sites for hydroxylation is 1. The van der Waals surface area contributed by atoms with E-state index in [1.165, 1.54) is 6.92 Å². The van der Waals surface area contributed by atoms with Crippen molar-refractivity contribution in [2.24, 2.45) is 5.73 Å². The summed E-state index contributed by atoms with van der Waals surface area (Å²) in [6.07, 6.45) is -4.42. The molecule has 1 heterocycles. The fourth-order valence-electron chi connectivity index (χ4n) is 0.901. The Labute approximate surface area is 89.3 Å². The van der Waals surface area contributed by atoms with Crippen molar-refractivity contribution in [3.63, 3.8) is 0 Å². The molecule has 2 N–H and O–H groups in total. The van der Waals surface area contributed by atoms with Crippen LogP contribution in [0.3, 0.4) is 0 Å². The van der Waals surface area contributed by atoms with Gasteiger partial charge in [-0.15, -0.1) is 0 Å². The van der Waals surface area contributed by atoms with Crippen LogP contribution in [0.2, 0.25) is 0 Å². The van der Waals surface area contributed by atoms with E-state index in [0.29, 0.717) is 18.0 Å². The fourth-order valence-corrected chi connectivity index (χ4v) is 1.57. The Morgan fingerprint density at radius 1 is 1.40 bits per heavy atom. The van der Waals surface area contributed by atoms with Crippen molar-refractivity contribution in [2.45, 2.75) is 18.3 Å². The summed E-state index contributed by atoms with van der Waals surface area (Å²) in [5.41, 5.74) is 4.63. The van der Waals surface area contributed by atoms with Gasteiger partial charge in [-0.3, -0.25) is 0 Å². The van der Waals surface area contributed by atoms with Crippen LogP contribution in [0.4, 0.5) is 13.2 Å². The van der Waals surface area contributed by atoms with Crippen LogP contribution < -0.4 is 5.73 Å². The van der Waals surface area contributed by atoms with Crippen LogP contribution in [0.5, 0.6) is 0 Å². The first-order chi connectivity index (χ1) is 6.93. The smallest absolute Gasteiger partial charge is 0.330 e. The van der Waals surface area contributed by atoms with E-state index < -0.39 is 11.9 Å². The Bertz CT molecular complexity index is 340. The third-order valence-electron chi connectivity index (χ3n) is 1.47. The maximum atomic E-state index is 12.3. The second-order valence-electron chi connectivity index (χ2n) is 2.81. The van der Waals surface area contributed by atoms with Crippen LogP contribution in [0.25, 0.3) is 0 Å². The average molecular weight is 237 g/mol. The molecule has 0 aromatic carbocycles. The van der Waals surface area contributed by atoms with Gasteiger partial charge >= 0.3 is 6.18 Å². The van der Waals surface area contributed by atoms with Gasteiger partial charge in [-0.05, 0) is 13.0 Å². The number of hydrogen-bond acceptors (Lipinski definition) is 4. The second-order valence-corrected chi connectivity index (χ2v) is 3.87. The summed E-state index contributed by atoms with van der Waals surface area (Å²) in [5.74, 6) is 0.501. The van der Waals surface area contributed by atoms with Crippen LogP contribution in [0, 0.1) is 6.92 Å². The van der Waals surface area contributed by atoms with Crippen LogP contribution in [0.15, 0.2) is 11.2 Å². The molecule has 1 rings (SSSR count). The van der Waals surface area contributed by atoms with E-state index >= 15 is 0 Å². The van der Waals surface area contributed by atoms with E-state index in [0.717, 1.165) is 17.8 Å². The van der Waals surface area contributed by atoms with Gasteiger partial charge in [0.15, 0.2) is 5.16 Å². The molecule has 1 aromatic heterocycles. The molecule has 0 aliphatic carbocycles. The zero-order valence-electron chi connectivity index (χ0n) is 8.01. The predicted octanol–water partition coefficient (Wildman–Crippen LogP) is 1.85. The molecular formula is C8H10F3N3S. The molecule has 0 bridgehead atoms. The fraction of sp³-hybridized carbons (Fsp3) is 0.500. The lowest BCUT2D eigenvalue weighted by Gasteiger charge is -2.07. The Hall–Kier alpha value is -0.820. The molecule has 0 amide bonds. The van der Waals surface area contributed by atoms with Gasteiger partial charge in [-0.1, -0.05) is 11.8 Å². The topological polar surface area (TPSA) is 51.8 Å². The van der Waals surface area contributed by atoms with Gasteiger partial charge in [0.2, 0.25) is 0 Å². The first-order valence-corrected chi connectivity index (χ1v) is 5.18. The third kappa shape index (κ3) is 3.67. The predicted molar refractivity (Wildman–Crippen MR) is 51.5 cm³/mol. The van der Waals surface area contributed by atoms with Crippen LogP contribution in [0.1, 0.15) is 11.4 Å². The van der Waals surface area contributed by atoms with E-state index in [9.17, 15) is 13.2 Å². The van der Waals surface area contributed by atoms with Crippen molar-refractivity contribution in [1.29, 1.82) is 0 Å². The van der Waals surface area contributed by atoms with E-state index in [1.807, 2.05) is 0 Å². The minimum atomic E-state index is -4.42. The molecule has 84 valence electrons. The highest BCUT2D eigenvalue weighted by molar-refractivity contribution is 7.99. The SMILES string of the molecule is Cc1cc(C(F)(F)F)nc(SCCN)n1. The maximum Gasteiger partial charge on any atom is 0.433 e. The highest BCUT2D eigenvalue weighted by atomic mass is 32.2. The number of hydrogen-bond donors (Lipinski definition) is 1. The molecule has 3 nitrogen and oxygen atoms in total. The Morgan fingerprint density at radius 3 is 2.60 bits per heavy atom. The molecule has 0 atom stereocenters. The lowest BCUT2D eigenvalue weighted by molar-refractivity contribution is -0.141. The van der Waals surface area contributed by atoms with Crippen molar-refractivity contribution < 1.29 is 13.2 Å². The van der Waals surface area contributed by atoms with Crippen LogP contribution in [-0.2, 0) is 6.18 Å². The van der Waals surface area contributed by atoms with Crippen molar-refractivity contribution in [2.75, 3.05) is 12.3 Å². The second kappa shape index (κ2) is 4.80. The maximum absolute atomic E-state index is 12.3. The van der Waals surface area contributed by atoms with Crippen molar-refractivity contribution in [1.82, 2.24) is 9.97 Å². The lowest BCUT2D eigenvalue weighted by atomic mass is 10.3. The van der Waals surface area contributed by atoms with Gasteiger partial charge in [-0.25, -0.2) is 9.97 Å². The molecule has 7 heteroatoms. The molecule has 0 aliphatic heterocycles. The number of aromatic nitrogens is 2. The van der Waals surface area contributed by atoms with E-state index in [1.54, 1.807) is 0 Å². The molecule has 0 fully saturated rings. The Kier molecular flexibility index (Phi) is 3.92. The Balaban J connectivity index is 2.95. The van der Waals surface area contributed by atoms with Gasteiger partial charge in [0.25, 0.3) is 0 Å². The standard InChI is InChI=1S/C8H10F3N3S/c1-5-4-6(8(9,10)11)14-7(13-5)15-3-2-12/h4H,2-3,12H2,1H3. The summed E-state index contributed by atoms with van der Waals surface area (Å²) < 4.78 is 37.0. The molecule has 0 saturated heterocycles. The number of alkyl halides is 3. The molecule has 1 aromatic rings. The lowest BCUT2D eigenvalue weighted by Crippen LogP contribution is -2.10. The van der Waals surface area contributed by atoms with E-state index in [2.05, 4.69) is 9.97 Å².